The molecular weight excluding hydrogens is 320 g/mol. The molecular formula is C20H10O5. The maximum Gasteiger partial charge on any atom is 0.238 e. The summed E-state index contributed by atoms with van der Waals surface area (Å²) < 4.78 is 0. The van der Waals surface area contributed by atoms with E-state index in [4.69, 9.17) is 0 Å². The third-order valence-corrected chi connectivity index (χ3v) is 4.32. The first-order valence-corrected chi connectivity index (χ1v) is 7.52. The van der Waals surface area contributed by atoms with E-state index in [2.05, 4.69) is 0 Å². The normalized spacial score (nSPS) is 16.6. The van der Waals surface area contributed by atoms with Crippen LogP contribution in [0.25, 0.3) is 5.76 Å². The number of fused-ring (bicyclic) bond motifs is 2. The van der Waals surface area contributed by atoms with Gasteiger partial charge in [-0.05, 0) is 6.08 Å². The summed E-state index contributed by atoms with van der Waals surface area (Å²) in [6.45, 7) is 0. The zero-order valence-electron chi connectivity index (χ0n) is 12.8. The van der Waals surface area contributed by atoms with Crippen LogP contribution in [0.15, 0.2) is 65.8 Å². The molecule has 0 atom stereocenters. The topological polar surface area (TPSA) is 88.5 Å². The Bertz CT molecular complexity index is 1070. The monoisotopic (exact) mass is 330 g/mol. The summed E-state index contributed by atoms with van der Waals surface area (Å²) in [4.78, 5) is 49.9. The molecule has 0 heterocycles. The molecule has 0 amide bonds. The second kappa shape index (κ2) is 5.21. The minimum atomic E-state index is -0.997. The molecule has 0 saturated heterocycles. The summed E-state index contributed by atoms with van der Waals surface area (Å²) in [6.07, 6.45) is 1.01. The van der Waals surface area contributed by atoms with Gasteiger partial charge in [-0.15, -0.1) is 0 Å². The number of rotatable bonds is 1. The Morgan fingerprint density at radius 1 is 0.600 bits per heavy atom. The summed E-state index contributed by atoms with van der Waals surface area (Å²) in [5.41, 5.74) is -0.0622. The maximum absolute atomic E-state index is 12.7. The molecule has 120 valence electrons. The summed E-state index contributed by atoms with van der Waals surface area (Å²) in [7, 11) is 0. The van der Waals surface area contributed by atoms with Crippen LogP contribution in [-0.4, -0.2) is 28.2 Å². The molecule has 5 nitrogen and oxygen atoms in total. The van der Waals surface area contributed by atoms with Crippen LogP contribution >= 0.6 is 0 Å². The Hall–Kier alpha value is -3.60. The van der Waals surface area contributed by atoms with Crippen molar-refractivity contribution in [2.45, 2.75) is 0 Å². The van der Waals surface area contributed by atoms with Gasteiger partial charge in [-0.1, -0.05) is 48.5 Å². The Kier molecular flexibility index (Phi) is 3.12. The third-order valence-electron chi connectivity index (χ3n) is 4.32. The minimum absolute atomic E-state index is 0.0735. The number of carbonyl (C=O) groups is 4. The van der Waals surface area contributed by atoms with Gasteiger partial charge in [0.2, 0.25) is 11.6 Å². The van der Waals surface area contributed by atoms with Crippen molar-refractivity contribution in [3.05, 3.63) is 88.0 Å². The molecule has 0 fully saturated rings. The van der Waals surface area contributed by atoms with Crippen LogP contribution in [0.4, 0.5) is 0 Å². The molecule has 1 N–H and O–H groups in total. The van der Waals surface area contributed by atoms with Crippen LogP contribution in [0.5, 0.6) is 0 Å². The Morgan fingerprint density at radius 2 is 1.12 bits per heavy atom. The van der Waals surface area contributed by atoms with Gasteiger partial charge in [0.05, 0.1) is 5.57 Å². The van der Waals surface area contributed by atoms with Crippen LogP contribution in [0.3, 0.4) is 0 Å². The van der Waals surface area contributed by atoms with Crippen molar-refractivity contribution in [2.75, 3.05) is 0 Å². The van der Waals surface area contributed by atoms with Gasteiger partial charge in [0.25, 0.3) is 0 Å². The van der Waals surface area contributed by atoms with Crippen molar-refractivity contribution < 1.29 is 24.3 Å². The lowest BCUT2D eigenvalue weighted by molar-refractivity contribution is -0.111. The van der Waals surface area contributed by atoms with E-state index in [1.807, 2.05) is 0 Å². The van der Waals surface area contributed by atoms with E-state index in [0.717, 1.165) is 6.08 Å². The molecule has 0 aliphatic heterocycles. The lowest BCUT2D eigenvalue weighted by Crippen LogP contribution is -2.29. The molecule has 5 heteroatoms. The largest absolute Gasteiger partial charge is 0.506 e. The predicted molar refractivity (Wildman–Crippen MR) is 88.5 cm³/mol. The fourth-order valence-electron chi connectivity index (χ4n) is 3.12. The molecule has 0 unspecified atom stereocenters. The number of aliphatic hydroxyl groups excluding tert-OH is 1. The van der Waals surface area contributed by atoms with Crippen molar-refractivity contribution in [3.63, 3.8) is 0 Å². The molecule has 2 aliphatic carbocycles. The van der Waals surface area contributed by atoms with E-state index in [1.165, 1.54) is 24.3 Å². The number of carbonyl (C=O) groups excluding carboxylic acids is 4. The van der Waals surface area contributed by atoms with Gasteiger partial charge in [-0.2, -0.15) is 0 Å². The van der Waals surface area contributed by atoms with Gasteiger partial charge in [0, 0.05) is 27.8 Å². The number of Topliss-reactive ketones (excluding diaryl/α,β-unsaturated/α-hetero) is 3. The highest BCUT2D eigenvalue weighted by atomic mass is 16.3. The van der Waals surface area contributed by atoms with Crippen molar-refractivity contribution in [1.29, 1.82) is 0 Å². The molecule has 0 saturated carbocycles. The second-order valence-corrected chi connectivity index (χ2v) is 5.72. The number of benzene rings is 2. The number of hydrogen-bond donors (Lipinski definition) is 1. The van der Waals surface area contributed by atoms with Crippen LogP contribution < -0.4 is 0 Å². The van der Waals surface area contributed by atoms with Gasteiger partial charge in [-0.25, -0.2) is 0 Å². The molecule has 2 aromatic rings. The molecule has 2 aliphatic rings. The van der Waals surface area contributed by atoms with Gasteiger partial charge in [0.1, 0.15) is 5.76 Å². The Balaban J connectivity index is 1.96. The number of ketones is 4. The maximum atomic E-state index is 12.7. The fraction of sp³-hybridized carbons (Fsp3) is 0. The van der Waals surface area contributed by atoms with Crippen molar-refractivity contribution in [3.8, 4) is 0 Å². The average molecular weight is 330 g/mol. The van der Waals surface area contributed by atoms with E-state index < -0.39 is 34.5 Å². The summed E-state index contributed by atoms with van der Waals surface area (Å²) in [5.74, 6) is -3.31. The quantitative estimate of drug-likeness (QED) is 0.812. The van der Waals surface area contributed by atoms with Gasteiger partial charge in [-0.3, -0.25) is 19.2 Å². The molecule has 4 rings (SSSR count). The van der Waals surface area contributed by atoms with E-state index in [1.54, 1.807) is 24.3 Å². The predicted octanol–water partition coefficient (Wildman–Crippen LogP) is 2.73. The highest BCUT2D eigenvalue weighted by Gasteiger charge is 2.38. The van der Waals surface area contributed by atoms with Gasteiger partial charge < -0.3 is 5.11 Å². The minimum Gasteiger partial charge on any atom is -0.506 e. The van der Waals surface area contributed by atoms with Crippen LogP contribution in [0, 0.1) is 0 Å². The van der Waals surface area contributed by atoms with Crippen molar-refractivity contribution in [1.82, 2.24) is 0 Å². The average Bonchev–Trinajstić information content (AvgIpc) is 2.64. The Labute approximate surface area is 141 Å². The van der Waals surface area contributed by atoms with Gasteiger partial charge in [0.15, 0.2) is 11.6 Å². The van der Waals surface area contributed by atoms with Crippen molar-refractivity contribution in [2.24, 2.45) is 0 Å². The smallest absolute Gasteiger partial charge is 0.238 e. The summed E-state index contributed by atoms with van der Waals surface area (Å²) >= 11 is 0. The molecule has 0 radical (unpaired) electrons. The first-order valence-electron chi connectivity index (χ1n) is 7.52. The molecule has 0 aromatic heterocycles. The summed E-state index contributed by atoms with van der Waals surface area (Å²) in [5, 5.41) is 10.5. The lowest BCUT2D eigenvalue weighted by atomic mass is 9.79. The zero-order valence-corrected chi connectivity index (χ0v) is 12.8. The van der Waals surface area contributed by atoms with Crippen molar-refractivity contribution >= 4 is 28.9 Å². The molecule has 2 aromatic carbocycles. The second-order valence-electron chi connectivity index (χ2n) is 5.72. The van der Waals surface area contributed by atoms with E-state index in [-0.39, 0.29) is 27.8 Å². The number of allylic oxidation sites excluding steroid dienone is 3. The van der Waals surface area contributed by atoms with Crippen LogP contribution in [0.2, 0.25) is 0 Å². The highest BCUT2D eigenvalue weighted by Crippen LogP contribution is 2.34. The van der Waals surface area contributed by atoms with E-state index in [0.29, 0.717) is 0 Å². The number of aliphatic hydroxyl groups is 1. The molecule has 25 heavy (non-hydrogen) atoms. The lowest BCUT2D eigenvalue weighted by Gasteiger charge is -2.21. The third kappa shape index (κ3) is 2.03. The summed E-state index contributed by atoms with van der Waals surface area (Å²) in [6, 6.07) is 12.3. The Morgan fingerprint density at radius 3 is 1.76 bits per heavy atom. The highest BCUT2D eigenvalue weighted by molar-refractivity contribution is 6.55. The van der Waals surface area contributed by atoms with E-state index >= 15 is 0 Å². The first kappa shape index (κ1) is 15.0. The number of hydrogen-bond acceptors (Lipinski definition) is 5. The zero-order chi connectivity index (χ0) is 17.7. The SMILES string of the molecule is O=C1C(=O)c2ccccc2C(O)=C1C1=CC(=O)c2ccccc2C1=O. The fourth-order valence-corrected chi connectivity index (χ4v) is 3.12. The van der Waals surface area contributed by atoms with Crippen LogP contribution in [-0.2, 0) is 4.79 Å². The van der Waals surface area contributed by atoms with Crippen LogP contribution in [0.1, 0.15) is 36.6 Å². The standard InChI is InChI=1S/C20H10O5/c21-15-9-14(17(22)11-6-2-1-5-10(11)15)16-18(23)12-7-3-4-8-13(12)19(24)20(16)25/h1-9,23H. The van der Waals surface area contributed by atoms with E-state index in [9.17, 15) is 24.3 Å². The van der Waals surface area contributed by atoms with Gasteiger partial charge >= 0.3 is 0 Å². The molecule has 0 spiro atoms. The molecule has 0 bridgehead atoms. The first-order chi connectivity index (χ1) is 12.0.